The summed E-state index contributed by atoms with van der Waals surface area (Å²) >= 11 is 0. The molecule has 2 aromatic heterocycles. The summed E-state index contributed by atoms with van der Waals surface area (Å²) in [7, 11) is -0.634. The van der Waals surface area contributed by atoms with Gasteiger partial charge in [0.05, 0.1) is 11.4 Å². The minimum absolute atomic E-state index is 0.123. The molecule has 0 spiro atoms. The van der Waals surface area contributed by atoms with Crippen LogP contribution >= 0.6 is 0 Å². The fraction of sp³-hybridized carbons (Fsp3) is 0.182. The molecule has 33 heavy (non-hydrogen) atoms. The Labute approximate surface area is 190 Å². The minimum Gasteiger partial charge on any atom is -0.475 e. The monoisotopic (exact) mass is 466 g/mol. The first-order valence-electron chi connectivity index (χ1n) is 10.1. The molecule has 0 saturated carbocycles. The lowest BCUT2D eigenvalue weighted by atomic mass is 10.2. The van der Waals surface area contributed by atoms with Crippen molar-refractivity contribution in [1.82, 2.24) is 29.4 Å². The minimum atomic E-state index is -3.54. The lowest BCUT2D eigenvalue weighted by Crippen LogP contribution is -2.28. The number of carbonyl (C=O) groups excluding carboxylic acids is 1. The zero-order chi connectivity index (χ0) is 23.4. The number of aromatic nitrogens is 4. The number of nitrogens with one attached hydrogen (secondary N) is 1. The van der Waals surface area contributed by atoms with Gasteiger partial charge in [-0.25, -0.2) is 12.7 Å². The van der Waals surface area contributed by atoms with Crippen LogP contribution < -0.4 is 10.1 Å². The van der Waals surface area contributed by atoms with Crippen LogP contribution in [0.1, 0.15) is 10.4 Å². The van der Waals surface area contributed by atoms with E-state index < -0.39 is 10.0 Å². The van der Waals surface area contributed by atoms with Gasteiger partial charge in [0, 0.05) is 31.3 Å². The maximum Gasteiger partial charge on any atom is 0.251 e. The van der Waals surface area contributed by atoms with E-state index in [1.54, 1.807) is 16.6 Å². The molecule has 0 aliphatic rings. The number of benzene rings is 2. The van der Waals surface area contributed by atoms with Crippen LogP contribution in [0.3, 0.4) is 0 Å². The van der Waals surface area contributed by atoms with Crippen molar-refractivity contribution in [2.24, 2.45) is 0 Å². The van der Waals surface area contributed by atoms with Crippen LogP contribution in [-0.2, 0) is 10.0 Å². The van der Waals surface area contributed by atoms with Crippen molar-refractivity contribution in [3.8, 4) is 17.3 Å². The van der Waals surface area contributed by atoms with Crippen molar-refractivity contribution in [2.45, 2.75) is 4.90 Å². The standard InChI is InChI=1S/C22H22N6O4S/c1-27(2)33(30,31)18-10-8-17(9-11-18)22(29)23-14-15-32-20-13-12-19-24-25-21(28(19)26-20)16-6-4-3-5-7-16/h3-13H,14-15H2,1-2H3,(H,23,29). The second-order valence-corrected chi connectivity index (χ2v) is 9.40. The molecular weight excluding hydrogens is 444 g/mol. The van der Waals surface area contributed by atoms with Gasteiger partial charge in [-0.05, 0) is 30.3 Å². The van der Waals surface area contributed by atoms with Crippen molar-refractivity contribution in [1.29, 1.82) is 0 Å². The molecule has 0 unspecified atom stereocenters. The molecule has 11 heteroatoms. The molecule has 10 nitrogen and oxygen atoms in total. The van der Waals surface area contributed by atoms with Gasteiger partial charge in [0.1, 0.15) is 6.61 Å². The topological polar surface area (TPSA) is 119 Å². The SMILES string of the molecule is CN(C)S(=O)(=O)c1ccc(C(=O)NCCOc2ccc3nnc(-c4ccccc4)n3n2)cc1. The highest BCUT2D eigenvalue weighted by atomic mass is 32.2. The van der Waals surface area contributed by atoms with Gasteiger partial charge in [0.2, 0.25) is 15.9 Å². The Kier molecular flexibility index (Phi) is 6.33. The number of hydrogen-bond acceptors (Lipinski definition) is 7. The van der Waals surface area contributed by atoms with Gasteiger partial charge in [0.25, 0.3) is 5.91 Å². The van der Waals surface area contributed by atoms with Crippen molar-refractivity contribution in [2.75, 3.05) is 27.2 Å². The number of ether oxygens (including phenoxy) is 1. The Hall–Kier alpha value is -3.83. The molecule has 0 saturated heterocycles. The molecule has 0 fully saturated rings. The summed E-state index contributed by atoms with van der Waals surface area (Å²) in [6.45, 7) is 0.435. The lowest BCUT2D eigenvalue weighted by Gasteiger charge is -2.11. The van der Waals surface area contributed by atoms with E-state index in [9.17, 15) is 13.2 Å². The molecule has 0 radical (unpaired) electrons. The third-order valence-corrected chi connectivity index (χ3v) is 6.63. The van der Waals surface area contributed by atoms with E-state index in [0.717, 1.165) is 9.87 Å². The van der Waals surface area contributed by atoms with Gasteiger partial charge in [-0.1, -0.05) is 30.3 Å². The highest BCUT2D eigenvalue weighted by Gasteiger charge is 2.17. The van der Waals surface area contributed by atoms with Gasteiger partial charge in [-0.15, -0.1) is 15.3 Å². The van der Waals surface area contributed by atoms with Gasteiger partial charge in [-0.3, -0.25) is 4.79 Å². The summed E-state index contributed by atoms with van der Waals surface area (Å²) in [5.41, 5.74) is 1.82. The van der Waals surface area contributed by atoms with Gasteiger partial charge in [0.15, 0.2) is 11.5 Å². The van der Waals surface area contributed by atoms with E-state index in [1.165, 1.54) is 38.4 Å². The molecule has 0 atom stereocenters. The highest BCUT2D eigenvalue weighted by Crippen LogP contribution is 2.18. The predicted molar refractivity (Wildman–Crippen MR) is 121 cm³/mol. The zero-order valence-electron chi connectivity index (χ0n) is 18.0. The summed E-state index contributed by atoms with van der Waals surface area (Å²) < 4.78 is 32.6. The van der Waals surface area contributed by atoms with Gasteiger partial charge in [-0.2, -0.15) is 4.52 Å². The maximum absolute atomic E-state index is 12.3. The largest absolute Gasteiger partial charge is 0.475 e. The highest BCUT2D eigenvalue weighted by molar-refractivity contribution is 7.89. The van der Waals surface area contributed by atoms with Crippen LogP contribution in [0.4, 0.5) is 0 Å². The van der Waals surface area contributed by atoms with E-state index in [4.69, 9.17) is 4.74 Å². The molecule has 1 amide bonds. The molecule has 0 bridgehead atoms. The van der Waals surface area contributed by atoms with E-state index in [1.807, 2.05) is 30.3 Å². The Morgan fingerprint density at radius 2 is 1.73 bits per heavy atom. The summed E-state index contributed by atoms with van der Waals surface area (Å²) in [5.74, 6) is 0.636. The molecule has 1 N–H and O–H groups in total. The van der Waals surface area contributed by atoms with Crippen LogP contribution in [0.15, 0.2) is 71.6 Å². The van der Waals surface area contributed by atoms with E-state index in [2.05, 4.69) is 20.6 Å². The van der Waals surface area contributed by atoms with Crippen LogP contribution in [0.2, 0.25) is 0 Å². The van der Waals surface area contributed by atoms with E-state index in [-0.39, 0.29) is 24.0 Å². The zero-order valence-corrected chi connectivity index (χ0v) is 18.9. The average Bonchev–Trinajstić information content (AvgIpc) is 3.25. The number of nitrogens with zero attached hydrogens (tertiary/aromatic N) is 5. The molecular formula is C22H22N6O4S. The van der Waals surface area contributed by atoms with Crippen LogP contribution in [-0.4, -0.2) is 65.7 Å². The Bertz CT molecular complexity index is 1370. The van der Waals surface area contributed by atoms with E-state index in [0.29, 0.717) is 22.9 Å². The van der Waals surface area contributed by atoms with Crippen LogP contribution in [0, 0.1) is 0 Å². The normalized spacial score (nSPS) is 11.6. The fourth-order valence-corrected chi connectivity index (χ4v) is 3.93. The number of hydrogen-bond donors (Lipinski definition) is 1. The van der Waals surface area contributed by atoms with E-state index >= 15 is 0 Å². The van der Waals surface area contributed by atoms with Crippen LogP contribution in [0.5, 0.6) is 5.88 Å². The Morgan fingerprint density at radius 1 is 1.00 bits per heavy atom. The fourth-order valence-electron chi connectivity index (χ4n) is 3.03. The summed E-state index contributed by atoms with van der Waals surface area (Å²) in [4.78, 5) is 12.5. The Balaban J connectivity index is 1.35. The lowest BCUT2D eigenvalue weighted by molar-refractivity contribution is 0.0946. The number of fused-ring (bicyclic) bond motifs is 1. The van der Waals surface area contributed by atoms with Gasteiger partial charge >= 0.3 is 0 Å². The third-order valence-electron chi connectivity index (χ3n) is 4.80. The summed E-state index contributed by atoms with van der Waals surface area (Å²) in [6.07, 6.45) is 0. The maximum atomic E-state index is 12.3. The Morgan fingerprint density at radius 3 is 2.42 bits per heavy atom. The first-order valence-corrected chi connectivity index (χ1v) is 11.5. The number of sulfonamides is 1. The first kappa shape index (κ1) is 22.4. The van der Waals surface area contributed by atoms with Gasteiger partial charge < -0.3 is 10.1 Å². The molecule has 0 aliphatic carbocycles. The number of carbonyl (C=O) groups is 1. The van der Waals surface area contributed by atoms with Crippen LogP contribution in [0.25, 0.3) is 17.0 Å². The second kappa shape index (κ2) is 9.35. The number of rotatable bonds is 8. The van der Waals surface area contributed by atoms with Crippen molar-refractivity contribution in [3.05, 3.63) is 72.3 Å². The smallest absolute Gasteiger partial charge is 0.251 e. The predicted octanol–water partition coefficient (Wildman–Crippen LogP) is 1.85. The third kappa shape index (κ3) is 4.83. The quantitative estimate of drug-likeness (QED) is 0.394. The van der Waals surface area contributed by atoms with Crippen molar-refractivity contribution < 1.29 is 17.9 Å². The second-order valence-electron chi connectivity index (χ2n) is 7.25. The van der Waals surface area contributed by atoms with Crippen molar-refractivity contribution >= 4 is 21.6 Å². The molecule has 4 aromatic rings. The summed E-state index contributed by atoms with van der Waals surface area (Å²) in [5, 5.41) is 15.5. The summed E-state index contributed by atoms with van der Waals surface area (Å²) in [6, 6.07) is 18.8. The molecule has 170 valence electrons. The number of amides is 1. The molecule has 2 heterocycles. The average molecular weight is 467 g/mol. The molecule has 4 rings (SSSR count). The first-order chi connectivity index (χ1) is 15.9. The van der Waals surface area contributed by atoms with Crippen molar-refractivity contribution in [3.63, 3.8) is 0 Å². The molecule has 0 aliphatic heterocycles. The molecule has 2 aromatic carbocycles.